The molecule has 212 valence electrons. The van der Waals surface area contributed by atoms with E-state index < -0.39 is 24.0 Å². The summed E-state index contributed by atoms with van der Waals surface area (Å²) < 4.78 is 0. The summed E-state index contributed by atoms with van der Waals surface area (Å²) in [5.41, 5.74) is 1.75. The largest absolute Gasteiger partial charge is 0.480 e. The van der Waals surface area contributed by atoms with Gasteiger partial charge in [-0.3, -0.25) is 9.59 Å². The average Bonchev–Trinajstić information content (AvgIpc) is 3.32. The molecule has 0 spiro atoms. The fourth-order valence-electron chi connectivity index (χ4n) is 4.88. The van der Waals surface area contributed by atoms with E-state index in [-0.39, 0.29) is 18.2 Å². The second kappa shape index (κ2) is 17.6. The van der Waals surface area contributed by atoms with E-state index in [0.717, 1.165) is 35.7 Å². The number of fused-ring (bicyclic) bond motifs is 1. The molecule has 7 heteroatoms. The lowest BCUT2D eigenvalue weighted by atomic mass is 9.97. The molecule has 0 unspecified atom stereocenters. The smallest absolute Gasteiger partial charge is 0.326 e. The zero-order valence-corrected chi connectivity index (χ0v) is 23.7. The molecule has 0 saturated heterocycles. The first-order valence-electron chi connectivity index (χ1n) is 14.7. The van der Waals surface area contributed by atoms with E-state index in [9.17, 15) is 19.5 Å². The van der Waals surface area contributed by atoms with Gasteiger partial charge in [-0.2, -0.15) is 0 Å². The van der Waals surface area contributed by atoms with Gasteiger partial charge >= 0.3 is 5.97 Å². The predicted molar refractivity (Wildman–Crippen MR) is 154 cm³/mol. The van der Waals surface area contributed by atoms with Crippen molar-refractivity contribution in [3.63, 3.8) is 0 Å². The van der Waals surface area contributed by atoms with Crippen LogP contribution < -0.4 is 10.6 Å². The molecule has 4 N–H and O–H groups in total. The number of amides is 2. The molecule has 0 bridgehead atoms. The molecule has 7 nitrogen and oxygen atoms in total. The Kier molecular flexibility index (Phi) is 14.6. The van der Waals surface area contributed by atoms with Crippen molar-refractivity contribution >= 4 is 28.7 Å². The summed E-state index contributed by atoms with van der Waals surface area (Å²) in [5.74, 6) is -1.80. The Morgan fingerprint density at radius 2 is 1.47 bits per heavy atom. The number of H-pyrrole nitrogens is 1. The number of aromatic nitrogens is 1. The minimum atomic E-state index is -1.10. The highest BCUT2D eigenvalue weighted by molar-refractivity contribution is 5.91. The van der Waals surface area contributed by atoms with E-state index in [1.807, 2.05) is 38.1 Å². The number of carboxylic acids is 1. The Morgan fingerprint density at radius 3 is 2.08 bits per heavy atom. The summed E-state index contributed by atoms with van der Waals surface area (Å²) in [6, 6.07) is 5.82. The molecule has 2 rings (SSSR count). The molecule has 1 aromatic heterocycles. The molecule has 0 saturated carbocycles. The Hall–Kier alpha value is -2.83. The zero-order valence-electron chi connectivity index (χ0n) is 23.7. The Bertz CT molecular complexity index is 986. The number of aromatic amines is 1. The molecular formula is C31H49N3O4. The van der Waals surface area contributed by atoms with Crippen LogP contribution in [0, 0.1) is 5.92 Å². The molecule has 1 aromatic carbocycles. The van der Waals surface area contributed by atoms with E-state index in [0.29, 0.717) is 12.8 Å². The lowest BCUT2D eigenvalue weighted by Gasteiger charge is -2.25. The number of hydrogen-bond donors (Lipinski definition) is 4. The summed E-state index contributed by atoms with van der Waals surface area (Å²) in [7, 11) is 0. The summed E-state index contributed by atoms with van der Waals surface area (Å²) in [4.78, 5) is 40.9. The normalized spacial score (nSPS) is 13.7. The van der Waals surface area contributed by atoms with Gasteiger partial charge in [-0.1, -0.05) is 110 Å². The number of nitrogens with one attached hydrogen (secondary N) is 3. The summed E-state index contributed by atoms with van der Waals surface area (Å²) in [5, 5.41) is 16.3. The second-order valence-corrected chi connectivity index (χ2v) is 10.7. The first kappa shape index (κ1) is 31.4. The van der Waals surface area contributed by atoms with E-state index in [4.69, 9.17) is 0 Å². The first-order valence-corrected chi connectivity index (χ1v) is 14.7. The zero-order chi connectivity index (χ0) is 27.8. The monoisotopic (exact) mass is 527 g/mol. The van der Waals surface area contributed by atoms with Crippen molar-refractivity contribution in [2.24, 2.45) is 5.92 Å². The summed E-state index contributed by atoms with van der Waals surface area (Å²) in [6.45, 7) is 6.10. The van der Waals surface area contributed by atoms with Gasteiger partial charge in [0.05, 0.1) is 0 Å². The van der Waals surface area contributed by atoms with E-state index in [1.165, 1.54) is 51.4 Å². The SMILES string of the molecule is CCCCCCCCCCCCCC(=O)N[C@H](C(=O)N[C@@H](Cc1c[nH]c2ccccc12)C(=O)O)[C@@H](C)CC. The molecule has 0 aliphatic rings. The fraction of sp³-hybridized carbons (Fsp3) is 0.645. The molecule has 1 heterocycles. The molecule has 2 amide bonds. The Balaban J connectivity index is 1.79. The van der Waals surface area contributed by atoms with Crippen molar-refractivity contribution < 1.29 is 19.5 Å². The van der Waals surface area contributed by atoms with Gasteiger partial charge in [0.2, 0.25) is 11.8 Å². The topological polar surface area (TPSA) is 111 Å². The van der Waals surface area contributed by atoms with Crippen LogP contribution in [-0.2, 0) is 20.8 Å². The summed E-state index contributed by atoms with van der Waals surface area (Å²) >= 11 is 0. The molecule has 2 aromatic rings. The number of aliphatic carboxylic acids is 1. The average molecular weight is 528 g/mol. The van der Waals surface area contributed by atoms with E-state index in [1.54, 1.807) is 6.20 Å². The molecule has 0 fully saturated rings. The lowest BCUT2D eigenvalue weighted by molar-refractivity contribution is -0.142. The van der Waals surface area contributed by atoms with Crippen LogP contribution in [0.4, 0.5) is 0 Å². The minimum Gasteiger partial charge on any atom is -0.480 e. The number of para-hydroxylation sites is 1. The molecule has 38 heavy (non-hydrogen) atoms. The van der Waals surface area contributed by atoms with Gasteiger partial charge < -0.3 is 20.7 Å². The van der Waals surface area contributed by atoms with Crippen molar-refractivity contribution in [3.8, 4) is 0 Å². The van der Waals surface area contributed by atoms with E-state index >= 15 is 0 Å². The van der Waals surface area contributed by atoms with Gasteiger partial charge in [0, 0.05) is 29.9 Å². The third kappa shape index (κ3) is 10.9. The quantitative estimate of drug-likeness (QED) is 0.147. The maximum absolute atomic E-state index is 13.1. The van der Waals surface area contributed by atoms with Crippen LogP contribution in [0.2, 0.25) is 0 Å². The van der Waals surface area contributed by atoms with Crippen LogP contribution in [0.5, 0.6) is 0 Å². The van der Waals surface area contributed by atoms with Crippen molar-refractivity contribution in [1.82, 2.24) is 15.6 Å². The fourth-order valence-corrected chi connectivity index (χ4v) is 4.88. The number of unbranched alkanes of at least 4 members (excludes halogenated alkanes) is 10. The molecule has 0 aliphatic heterocycles. The predicted octanol–water partition coefficient (Wildman–Crippen LogP) is 6.51. The number of carbonyl (C=O) groups excluding carboxylic acids is 2. The number of carbonyl (C=O) groups is 3. The molecule has 0 radical (unpaired) electrons. The van der Waals surface area contributed by atoms with Gasteiger partial charge in [0.25, 0.3) is 0 Å². The van der Waals surface area contributed by atoms with Gasteiger partial charge in [0.1, 0.15) is 12.1 Å². The van der Waals surface area contributed by atoms with Crippen molar-refractivity contribution in [3.05, 3.63) is 36.0 Å². The van der Waals surface area contributed by atoms with Crippen LogP contribution in [0.25, 0.3) is 10.9 Å². The Morgan fingerprint density at radius 1 is 0.868 bits per heavy atom. The van der Waals surface area contributed by atoms with Crippen LogP contribution in [0.15, 0.2) is 30.5 Å². The lowest BCUT2D eigenvalue weighted by Crippen LogP contribution is -2.54. The molecule has 3 atom stereocenters. The van der Waals surface area contributed by atoms with Crippen molar-refractivity contribution in [2.45, 2.75) is 123 Å². The highest BCUT2D eigenvalue weighted by atomic mass is 16.4. The highest BCUT2D eigenvalue weighted by Gasteiger charge is 2.30. The third-order valence-corrected chi connectivity index (χ3v) is 7.53. The molecular weight excluding hydrogens is 478 g/mol. The van der Waals surface area contributed by atoms with Crippen molar-refractivity contribution in [1.29, 1.82) is 0 Å². The van der Waals surface area contributed by atoms with Crippen LogP contribution in [0.1, 0.15) is 110 Å². The van der Waals surface area contributed by atoms with Gasteiger partial charge in [0.15, 0.2) is 0 Å². The van der Waals surface area contributed by atoms with Crippen LogP contribution >= 0.6 is 0 Å². The van der Waals surface area contributed by atoms with Gasteiger partial charge in [-0.15, -0.1) is 0 Å². The number of hydrogen-bond acceptors (Lipinski definition) is 3. The van der Waals surface area contributed by atoms with Crippen LogP contribution in [0.3, 0.4) is 0 Å². The number of carboxylic acid groups (broad SMARTS) is 1. The standard InChI is InChI=1S/C31H49N3O4/c1-4-6-7-8-9-10-11-12-13-14-15-20-28(35)34-29(23(3)5-2)30(36)33-27(31(37)38)21-24-22-32-26-19-17-16-18-25(24)26/h16-19,22-23,27,29,32H,4-15,20-21H2,1-3H3,(H,33,36)(H,34,35)(H,37,38)/t23-,27-,29-/m0/s1. The van der Waals surface area contributed by atoms with Gasteiger partial charge in [-0.05, 0) is 24.0 Å². The Labute approximate surface area is 228 Å². The highest BCUT2D eigenvalue weighted by Crippen LogP contribution is 2.20. The maximum Gasteiger partial charge on any atom is 0.326 e. The van der Waals surface area contributed by atoms with Gasteiger partial charge in [-0.25, -0.2) is 4.79 Å². The molecule has 0 aliphatic carbocycles. The summed E-state index contributed by atoms with van der Waals surface area (Å²) in [6.07, 6.45) is 16.4. The van der Waals surface area contributed by atoms with Crippen LogP contribution in [-0.4, -0.2) is 40.0 Å². The second-order valence-electron chi connectivity index (χ2n) is 10.7. The minimum absolute atomic E-state index is 0.112. The number of rotatable bonds is 20. The van der Waals surface area contributed by atoms with E-state index in [2.05, 4.69) is 22.5 Å². The number of benzene rings is 1. The maximum atomic E-state index is 13.1. The van der Waals surface area contributed by atoms with Crippen molar-refractivity contribution in [2.75, 3.05) is 0 Å². The third-order valence-electron chi connectivity index (χ3n) is 7.53. The first-order chi connectivity index (χ1) is 18.4.